The molecule has 0 bridgehead atoms. The molecule has 2 nitrogen and oxygen atoms in total. The van der Waals surface area contributed by atoms with E-state index in [0.29, 0.717) is 23.7 Å². The normalized spacial score (nSPS) is 10.9. The summed E-state index contributed by atoms with van der Waals surface area (Å²) in [7, 11) is 0. The molecule has 0 saturated carbocycles. The number of benzene rings is 2. The van der Waals surface area contributed by atoms with E-state index >= 15 is 0 Å². The highest BCUT2D eigenvalue weighted by atomic mass is 79.9. The fourth-order valence-electron chi connectivity index (χ4n) is 1.89. The summed E-state index contributed by atoms with van der Waals surface area (Å²) in [5.74, 6) is 0.173. The van der Waals surface area contributed by atoms with E-state index in [4.69, 9.17) is 11.6 Å². The number of nitrogens with one attached hydrogen (secondary N) is 1. The second kappa shape index (κ2) is 7.73. The maximum Gasteiger partial charge on any atom is 0.387 e. The van der Waals surface area contributed by atoms with E-state index in [1.807, 2.05) is 18.2 Å². The Hall–Kier alpha value is -1.17. The Morgan fingerprint density at radius 2 is 1.95 bits per heavy atom. The van der Waals surface area contributed by atoms with E-state index in [9.17, 15) is 8.78 Å². The third kappa shape index (κ3) is 5.26. The standard InChI is InChI=1S/C15H13BrClF2NO/c16-12-4-5-14(21-15(18)19)11(7-12)9-20-8-10-2-1-3-13(17)6-10/h1-7,15,20H,8-9H2. The number of hydrogen-bond donors (Lipinski definition) is 1. The van der Waals surface area contributed by atoms with Gasteiger partial charge in [0.05, 0.1) is 0 Å². The first-order valence-electron chi connectivity index (χ1n) is 6.23. The van der Waals surface area contributed by atoms with Crippen LogP contribution in [-0.4, -0.2) is 6.61 Å². The molecule has 0 aliphatic carbocycles. The predicted octanol–water partition coefficient (Wildman–Crippen LogP) is 4.99. The number of halogens is 4. The summed E-state index contributed by atoms with van der Waals surface area (Å²) in [6.07, 6.45) is 0. The predicted molar refractivity (Wildman–Crippen MR) is 82.8 cm³/mol. The molecule has 0 amide bonds. The minimum atomic E-state index is -2.84. The molecule has 0 aliphatic heterocycles. The van der Waals surface area contributed by atoms with Crippen LogP contribution < -0.4 is 10.1 Å². The van der Waals surface area contributed by atoms with Gasteiger partial charge in [-0.2, -0.15) is 8.78 Å². The summed E-state index contributed by atoms with van der Waals surface area (Å²) >= 11 is 9.23. The van der Waals surface area contributed by atoms with Crippen molar-refractivity contribution >= 4 is 27.5 Å². The topological polar surface area (TPSA) is 21.3 Å². The molecule has 0 unspecified atom stereocenters. The van der Waals surface area contributed by atoms with E-state index in [-0.39, 0.29) is 5.75 Å². The average Bonchev–Trinajstić information content (AvgIpc) is 2.41. The van der Waals surface area contributed by atoms with E-state index in [1.165, 1.54) is 6.07 Å². The van der Waals surface area contributed by atoms with Gasteiger partial charge in [0, 0.05) is 28.1 Å². The van der Waals surface area contributed by atoms with Gasteiger partial charge in [-0.1, -0.05) is 39.7 Å². The van der Waals surface area contributed by atoms with Crippen LogP contribution in [0.4, 0.5) is 8.78 Å². The number of rotatable bonds is 6. The zero-order valence-corrected chi connectivity index (χ0v) is 13.3. The maximum absolute atomic E-state index is 12.4. The van der Waals surface area contributed by atoms with Gasteiger partial charge in [-0.25, -0.2) is 0 Å². The van der Waals surface area contributed by atoms with Crippen LogP contribution in [0.2, 0.25) is 5.02 Å². The van der Waals surface area contributed by atoms with Gasteiger partial charge in [-0.15, -0.1) is 0 Å². The molecule has 2 rings (SSSR count). The monoisotopic (exact) mass is 375 g/mol. The molecule has 6 heteroatoms. The van der Waals surface area contributed by atoms with Crippen LogP contribution in [0.15, 0.2) is 46.9 Å². The molecule has 0 heterocycles. The van der Waals surface area contributed by atoms with Crippen molar-refractivity contribution < 1.29 is 13.5 Å². The lowest BCUT2D eigenvalue weighted by Crippen LogP contribution is -2.14. The van der Waals surface area contributed by atoms with Crippen molar-refractivity contribution in [3.8, 4) is 5.75 Å². The summed E-state index contributed by atoms with van der Waals surface area (Å²) in [5, 5.41) is 3.85. The molecule has 2 aromatic rings. The molecule has 2 aromatic carbocycles. The number of alkyl halides is 2. The maximum atomic E-state index is 12.4. The summed E-state index contributed by atoms with van der Waals surface area (Å²) in [6, 6.07) is 12.4. The van der Waals surface area contributed by atoms with Crippen molar-refractivity contribution in [2.45, 2.75) is 19.7 Å². The molecule has 0 radical (unpaired) electrons. The molecular formula is C15H13BrClF2NO. The van der Waals surface area contributed by atoms with E-state index < -0.39 is 6.61 Å². The number of hydrogen-bond acceptors (Lipinski definition) is 2. The zero-order valence-electron chi connectivity index (χ0n) is 11.0. The van der Waals surface area contributed by atoms with E-state index in [2.05, 4.69) is 26.0 Å². The van der Waals surface area contributed by atoms with Gasteiger partial charge in [-0.05, 0) is 35.9 Å². The van der Waals surface area contributed by atoms with Gasteiger partial charge in [0.1, 0.15) is 5.75 Å². The fraction of sp³-hybridized carbons (Fsp3) is 0.200. The zero-order chi connectivity index (χ0) is 15.2. The average molecular weight is 377 g/mol. The smallest absolute Gasteiger partial charge is 0.387 e. The molecular weight excluding hydrogens is 364 g/mol. The molecule has 0 aromatic heterocycles. The van der Waals surface area contributed by atoms with Gasteiger partial charge in [-0.3, -0.25) is 0 Å². The highest BCUT2D eigenvalue weighted by Gasteiger charge is 2.10. The summed E-state index contributed by atoms with van der Waals surface area (Å²) in [6.45, 7) is -1.84. The van der Waals surface area contributed by atoms with Crippen molar-refractivity contribution in [3.05, 3.63) is 63.1 Å². The van der Waals surface area contributed by atoms with Crippen LogP contribution in [0, 0.1) is 0 Å². The third-order valence-electron chi connectivity index (χ3n) is 2.77. The Morgan fingerprint density at radius 1 is 1.14 bits per heavy atom. The van der Waals surface area contributed by atoms with Crippen LogP contribution in [0.5, 0.6) is 5.75 Å². The van der Waals surface area contributed by atoms with Gasteiger partial charge in [0.15, 0.2) is 0 Å². The lowest BCUT2D eigenvalue weighted by Gasteiger charge is -2.12. The highest BCUT2D eigenvalue weighted by molar-refractivity contribution is 9.10. The van der Waals surface area contributed by atoms with Crippen molar-refractivity contribution in [1.82, 2.24) is 5.32 Å². The Balaban J connectivity index is 2.00. The van der Waals surface area contributed by atoms with Gasteiger partial charge < -0.3 is 10.1 Å². The van der Waals surface area contributed by atoms with Crippen molar-refractivity contribution in [2.24, 2.45) is 0 Å². The Morgan fingerprint density at radius 3 is 2.67 bits per heavy atom. The van der Waals surface area contributed by atoms with Crippen molar-refractivity contribution in [2.75, 3.05) is 0 Å². The van der Waals surface area contributed by atoms with E-state index in [0.717, 1.165) is 10.0 Å². The quantitative estimate of drug-likeness (QED) is 0.766. The van der Waals surface area contributed by atoms with Crippen LogP contribution in [0.3, 0.4) is 0 Å². The Kier molecular flexibility index (Phi) is 5.96. The molecule has 0 saturated heterocycles. The van der Waals surface area contributed by atoms with Crippen molar-refractivity contribution in [1.29, 1.82) is 0 Å². The second-order valence-corrected chi connectivity index (χ2v) is 5.72. The van der Waals surface area contributed by atoms with Gasteiger partial charge in [0.25, 0.3) is 0 Å². The lowest BCUT2D eigenvalue weighted by atomic mass is 10.2. The minimum Gasteiger partial charge on any atom is -0.434 e. The Bertz CT molecular complexity index is 610. The molecule has 1 N–H and O–H groups in total. The molecule has 112 valence electrons. The minimum absolute atomic E-state index is 0.173. The van der Waals surface area contributed by atoms with E-state index in [1.54, 1.807) is 18.2 Å². The SMILES string of the molecule is FC(F)Oc1ccc(Br)cc1CNCc1cccc(Cl)c1. The summed E-state index contributed by atoms with van der Waals surface area (Å²) < 4.78 is 30.0. The van der Waals surface area contributed by atoms with Crippen LogP contribution in [-0.2, 0) is 13.1 Å². The molecule has 0 aliphatic rings. The van der Waals surface area contributed by atoms with Crippen molar-refractivity contribution in [3.63, 3.8) is 0 Å². The molecule has 0 fully saturated rings. The van der Waals surface area contributed by atoms with Gasteiger partial charge >= 0.3 is 6.61 Å². The molecule has 21 heavy (non-hydrogen) atoms. The highest BCUT2D eigenvalue weighted by Crippen LogP contribution is 2.24. The number of ether oxygens (including phenoxy) is 1. The summed E-state index contributed by atoms with van der Waals surface area (Å²) in [4.78, 5) is 0. The van der Waals surface area contributed by atoms with Crippen LogP contribution in [0.1, 0.15) is 11.1 Å². The van der Waals surface area contributed by atoms with Gasteiger partial charge in [0.2, 0.25) is 0 Å². The molecule has 0 atom stereocenters. The van der Waals surface area contributed by atoms with Crippen LogP contribution in [0.25, 0.3) is 0 Å². The lowest BCUT2D eigenvalue weighted by molar-refractivity contribution is -0.0505. The first-order chi connectivity index (χ1) is 10.0. The second-order valence-electron chi connectivity index (χ2n) is 4.36. The molecule has 0 spiro atoms. The third-order valence-corrected chi connectivity index (χ3v) is 3.50. The first-order valence-corrected chi connectivity index (χ1v) is 7.40. The Labute approximate surface area is 135 Å². The largest absolute Gasteiger partial charge is 0.434 e. The van der Waals surface area contributed by atoms with Crippen LogP contribution >= 0.6 is 27.5 Å². The first kappa shape index (κ1) is 16.2. The summed E-state index contributed by atoms with van der Waals surface area (Å²) in [5.41, 5.74) is 1.68. The fourth-order valence-corrected chi connectivity index (χ4v) is 2.51.